The maximum atomic E-state index is 8.33. The molecule has 0 saturated heterocycles. The van der Waals surface area contributed by atoms with E-state index >= 15 is 0 Å². The van der Waals surface area contributed by atoms with Gasteiger partial charge in [0.25, 0.3) is 0 Å². The molecule has 0 fully saturated rings. The molecule has 0 amide bonds. The van der Waals surface area contributed by atoms with Crippen molar-refractivity contribution in [3.63, 3.8) is 0 Å². The van der Waals surface area contributed by atoms with Gasteiger partial charge in [-0.05, 0) is 29.4 Å². The van der Waals surface area contributed by atoms with Crippen molar-refractivity contribution in [2.75, 3.05) is 28.2 Å². The number of hydrogen-bond donors (Lipinski definition) is 0. The van der Waals surface area contributed by atoms with Crippen LogP contribution < -0.4 is 19.2 Å². The summed E-state index contributed by atoms with van der Waals surface area (Å²) in [5, 5.41) is 16.7. The minimum atomic E-state index is -2.33. The Bertz CT molecular complexity index is 1740. The third kappa shape index (κ3) is 11.9. The monoisotopic (exact) mass is 664 g/mol. The third-order valence-corrected chi connectivity index (χ3v) is 8.60. The minimum absolute atomic E-state index is 0.854. The van der Waals surface area contributed by atoms with Crippen molar-refractivity contribution >= 4 is 17.5 Å². The van der Waals surface area contributed by atoms with Crippen molar-refractivity contribution in [2.45, 2.75) is 25.9 Å². The van der Waals surface area contributed by atoms with Crippen LogP contribution in [0.4, 0.5) is 16.2 Å². The highest BCUT2D eigenvalue weighted by atomic mass is 16.6. The van der Waals surface area contributed by atoms with Crippen molar-refractivity contribution in [2.24, 2.45) is 0 Å². The van der Waals surface area contributed by atoms with Crippen LogP contribution >= 0.6 is 0 Å². The van der Waals surface area contributed by atoms with Crippen LogP contribution in [-0.4, -0.2) is 34.3 Å². The summed E-state index contributed by atoms with van der Waals surface area (Å²) in [5.41, 5.74) is 11.0. The zero-order chi connectivity index (χ0) is 35.8. The summed E-state index contributed by atoms with van der Waals surface area (Å²) in [4.78, 5) is 8.33. The molecule has 0 saturated carbocycles. The first-order chi connectivity index (χ1) is 24.0. The Morgan fingerprint density at radius 1 is 0.400 bits per heavy atom. The van der Waals surface area contributed by atoms with E-state index in [9.17, 15) is 0 Å². The second-order valence-corrected chi connectivity index (χ2v) is 13.5. The van der Waals surface area contributed by atoms with Crippen molar-refractivity contribution in [1.29, 1.82) is 0 Å². The molecule has 0 aliphatic rings. The molecule has 6 rings (SSSR count). The van der Waals surface area contributed by atoms with Gasteiger partial charge in [0, 0.05) is 35.1 Å². The molecule has 0 spiro atoms. The number of hydrogen-bond acceptors (Lipinski definition) is 3. The molecule has 0 N–H and O–H groups in total. The number of carbonyl (C=O) groups is 1. The second kappa shape index (κ2) is 18.3. The van der Waals surface area contributed by atoms with Gasteiger partial charge in [-0.25, -0.2) is 0 Å². The summed E-state index contributed by atoms with van der Waals surface area (Å²) >= 11 is 0. The van der Waals surface area contributed by atoms with Gasteiger partial charge >= 0.3 is 0 Å². The summed E-state index contributed by atoms with van der Waals surface area (Å²) in [6.45, 7) is 1.99. The lowest BCUT2D eigenvalue weighted by Crippen LogP contribution is -2.40. The fraction of sp³-hybridized carbons (Fsp3) is 0.178. The number of rotatable bonds is 10. The van der Waals surface area contributed by atoms with Crippen LogP contribution in [0.25, 0.3) is 0 Å². The van der Waals surface area contributed by atoms with Crippen LogP contribution in [0.1, 0.15) is 33.4 Å². The summed E-state index contributed by atoms with van der Waals surface area (Å²) in [5.74, 6) is 0. The van der Waals surface area contributed by atoms with Crippen molar-refractivity contribution in [3.05, 3.63) is 203 Å². The number of nitrogens with zero attached hydrogens (tertiary/aromatic N) is 2. The number of benzene rings is 6. The van der Waals surface area contributed by atoms with Crippen LogP contribution in [0.15, 0.2) is 170 Å². The highest BCUT2D eigenvalue weighted by Gasteiger charge is 2.24. The van der Waals surface area contributed by atoms with Crippen LogP contribution in [0.2, 0.25) is 0 Å². The maximum Gasteiger partial charge on any atom is 0.136 e. The smallest absolute Gasteiger partial charge is 0.136 e. The molecule has 0 radical (unpaired) electrons. The molecule has 0 aliphatic heterocycles. The predicted octanol–water partition coefficient (Wildman–Crippen LogP) is 7.64. The van der Waals surface area contributed by atoms with Crippen LogP contribution in [0.3, 0.4) is 0 Å². The van der Waals surface area contributed by atoms with Crippen molar-refractivity contribution < 1.29 is 15.0 Å². The summed E-state index contributed by atoms with van der Waals surface area (Å²) in [7, 11) is 9.15. The molecule has 5 heteroatoms. The maximum absolute atomic E-state index is 8.33. The van der Waals surface area contributed by atoms with Gasteiger partial charge in [-0.1, -0.05) is 158 Å². The van der Waals surface area contributed by atoms with Gasteiger partial charge in [-0.3, -0.25) is 8.97 Å². The lowest BCUT2D eigenvalue weighted by atomic mass is 10.0. The summed E-state index contributed by atoms with van der Waals surface area (Å²) in [6, 6.07) is 60.5. The Hall–Kier alpha value is -5.49. The molecule has 0 bridgehead atoms. The number of carboxylic acid groups (broad SMARTS) is 2. The summed E-state index contributed by atoms with van der Waals surface area (Å²) in [6.07, 6.45) is -0.374. The highest BCUT2D eigenvalue weighted by molar-refractivity contribution is 5.53. The average molecular weight is 665 g/mol. The van der Waals surface area contributed by atoms with E-state index in [0.29, 0.717) is 0 Å². The van der Waals surface area contributed by atoms with Gasteiger partial charge in [0.05, 0.1) is 28.2 Å². The fourth-order valence-electron chi connectivity index (χ4n) is 6.38. The van der Waals surface area contributed by atoms with E-state index in [1.54, 1.807) is 0 Å². The molecule has 0 unspecified atom stereocenters. The van der Waals surface area contributed by atoms with Crippen LogP contribution in [-0.2, 0) is 25.9 Å². The van der Waals surface area contributed by atoms with Gasteiger partial charge in [0.15, 0.2) is 0 Å². The number of para-hydroxylation sites is 2. The van der Waals surface area contributed by atoms with E-state index in [0.717, 1.165) is 34.9 Å². The quantitative estimate of drug-likeness (QED) is 0.142. The first-order valence-electron chi connectivity index (χ1n) is 16.9. The van der Waals surface area contributed by atoms with Crippen molar-refractivity contribution in [1.82, 2.24) is 8.97 Å². The number of carbonyl (C=O) groups excluding carboxylic acids is 1. The minimum Gasteiger partial charge on any atom is -0.652 e. The standard InChI is InChI=1S/2C22H24N.CH2O3/c2*1-23(2,18-20-13-7-4-8-14-20)22-16-10-9-15-21(22)17-19-11-5-3-6-12-19;2-1(3)4/h2*3-16H,17-18H2,1-2H3;(H2,2,3,4)/q2*+1;/p-2. The molecular weight excluding hydrogens is 617 g/mol. The molecule has 50 heavy (non-hydrogen) atoms. The van der Waals surface area contributed by atoms with Gasteiger partial charge in [0.1, 0.15) is 24.5 Å². The first-order valence-corrected chi connectivity index (χ1v) is 16.9. The fourth-order valence-corrected chi connectivity index (χ4v) is 6.38. The first kappa shape index (κ1) is 37.3. The van der Waals surface area contributed by atoms with E-state index < -0.39 is 6.16 Å². The molecule has 0 aromatic heterocycles. The van der Waals surface area contributed by atoms with E-state index in [4.69, 9.17) is 15.0 Å². The van der Waals surface area contributed by atoms with Gasteiger partial charge < -0.3 is 15.0 Å². The van der Waals surface area contributed by atoms with E-state index in [-0.39, 0.29) is 0 Å². The molecule has 5 nitrogen and oxygen atoms in total. The zero-order valence-electron chi connectivity index (χ0n) is 29.6. The van der Waals surface area contributed by atoms with Gasteiger partial charge in [-0.2, -0.15) is 0 Å². The Balaban J connectivity index is 0.000000203. The molecular formula is C45H48N2O3. The molecule has 6 aromatic rings. The second-order valence-electron chi connectivity index (χ2n) is 13.5. The third-order valence-electron chi connectivity index (χ3n) is 8.60. The Morgan fingerprint density at radius 2 is 0.640 bits per heavy atom. The van der Waals surface area contributed by atoms with E-state index in [1.807, 2.05) is 0 Å². The largest absolute Gasteiger partial charge is 0.652 e. The molecule has 0 aliphatic carbocycles. The summed E-state index contributed by atoms with van der Waals surface area (Å²) < 4.78 is 1.71. The molecule has 0 atom stereocenters. The highest BCUT2D eigenvalue weighted by Crippen LogP contribution is 2.30. The zero-order valence-corrected chi connectivity index (χ0v) is 29.6. The Labute approximate surface area is 298 Å². The lowest BCUT2D eigenvalue weighted by molar-refractivity contribution is -0.415. The van der Waals surface area contributed by atoms with Crippen molar-refractivity contribution in [3.8, 4) is 0 Å². The lowest BCUT2D eigenvalue weighted by Gasteiger charge is -2.31. The van der Waals surface area contributed by atoms with Gasteiger partial charge in [-0.15, -0.1) is 0 Å². The van der Waals surface area contributed by atoms with E-state index in [1.165, 1.54) is 44.8 Å². The van der Waals surface area contributed by atoms with Gasteiger partial charge in [0.2, 0.25) is 0 Å². The number of quaternary nitrogens is 2. The molecule has 256 valence electrons. The van der Waals surface area contributed by atoms with Crippen LogP contribution in [0.5, 0.6) is 0 Å². The van der Waals surface area contributed by atoms with E-state index in [2.05, 4.69) is 198 Å². The topological polar surface area (TPSA) is 63.2 Å². The molecule has 6 aromatic carbocycles. The SMILES string of the molecule is C[N+](C)(Cc1ccccc1)c1ccccc1Cc1ccccc1.C[N+](C)(Cc1ccccc1)c1ccccc1Cc1ccccc1.O=C([O-])[O-]. The Kier molecular flexibility index (Phi) is 13.7. The van der Waals surface area contributed by atoms with Crippen LogP contribution in [0, 0.1) is 0 Å². The molecule has 0 heterocycles. The normalized spacial score (nSPS) is 11.0. The Morgan fingerprint density at radius 3 is 0.940 bits per heavy atom. The average Bonchev–Trinajstić information content (AvgIpc) is 3.10. The predicted molar refractivity (Wildman–Crippen MR) is 204 cm³/mol.